The Kier molecular flexibility index (Phi) is 3.68. The first-order chi connectivity index (χ1) is 7.22. The predicted octanol–water partition coefficient (Wildman–Crippen LogP) is 2.25. The molecule has 1 aliphatic carbocycles. The minimum absolute atomic E-state index is 0.738. The second-order valence-corrected chi connectivity index (χ2v) is 5.61. The van der Waals surface area contributed by atoms with Crippen LogP contribution < -0.4 is 5.32 Å². The van der Waals surface area contributed by atoms with Crippen LogP contribution in [-0.2, 0) is 0 Å². The summed E-state index contributed by atoms with van der Waals surface area (Å²) in [7, 11) is 2.13. The third kappa shape index (κ3) is 2.36. The Labute approximate surface area is 94.4 Å². The molecule has 1 aliphatic heterocycles. The highest BCUT2D eigenvalue weighted by atomic mass is 15.2. The van der Waals surface area contributed by atoms with Gasteiger partial charge in [-0.15, -0.1) is 0 Å². The Balaban J connectivity index is 2.02. The number of hydrogen-bond acceptors (Lipinski definition) is 2. The summed E-state index contributed by atoms with van der Waals surface area (Å²) in [4.78, 5) is 2.76. The van der Waals surface area contributed by atoms with Gasteiger partial charge in [-0.1, -0.05) is 6.92 Å². The van der Waals surface area contributed by atoms with Gasteiger partial charge < -0.3 is 5.32 Å². The van der Waals surface area contributed by atoms with Gasteiger partial charge in [0.15, 0.2) is 0 Å². The Bertz CT molecular complexity index is 205. The smallest absolute Gasteiger partial charge is 0.0254 e. The highest BCUT2D eigenvalue weighted by Gasteiger charge is 2.35. The summed E-state index contributed by atoms with van der Waals surface area (Å²) in [6.07, 6.45) is 6.98. The van der Waals surface area contributed by atoms with E-state index in [1.807, 2.05) is 0 Å². The summed E-state index contributed by atoms with van der Waals surface area (Å²) in [5.41, 5.74) is 0. The molecule has 1 heterocycles. The monoisotopic (exact) mass is 210 g/mol. The number of rotatable bonds is 2. The molecule has 2 aliphatic rings. The molecule has 4 atom stereocenters. The zero-order valence-corrected chi connectivity index (χ0v) is 10.5. The van der Waals surface area contributed by atoms with Crippen molar-refractivity contribution in [3.8, 4) is 0 Å². The van der Waals surface area contributed by atoms with Crippen molar-refractivity contribution in [3.05, 3.63) is 0 Å². The number of hydrogen-bond donors (Lipinski definition) is 1. The summed E-state index contributed by atoms with van der Waals surface area (Å²) < 4.78 is 0. The van der Waals surface area contributed by atoms with E-state index in [0.717, 1.165) is 24.0 Å². The van der Waals surface area contributed by atoms with E-state index in [9.17, 15) is 0 Å². The van der Waals surface area contributed by atoms with E-state index in [-0.39, 0.29) is 0 Å². The maximum atomic E-state index is 3.53. The zero-order valence-electron chi connectivity index (χ0n) is 10.5. The second-order valence-electron chi connectivity index (χ2n) is 5.61. The third-order valence-electron chi connectivity index (χ3n) is 4.48. The number of likely N-dealkylation sites (N-methyl/N-ethyl adjacent to an activating group) is 1. The van der Waals surface area contributed by atoms with Crippen molar-refractivity contribution in [2.75, 3.05) is 13.6 Å². The minimum atomic E-state index is 0.738. The topological polar surface area (TPSA) is 15.3 Å². The lowest BCUT2D eigenvalue weighted by Crippen LogP contribution is -2.53. The van der Waals surface area contributed by atoms with Crippen molar-refractivity contribution in [1.82, 2.24) is 10.2 Å². The SMILES string of the molecule is CNC1CCC(C)CC1N1CCCC1C. The van der Waals surface area contributed by atoms with Gasteiger partial charge in [0.1, 0.15) is 0 Å². The maximum absolute atomic E-state index is 3.53. The molecular weight excluding hydrogens is 184 g/mol. The summed E-state index contributed by atoms with van der Waals surface area (Å²) in [5.74, 6) is 0.924. The number of likely N-dealkylation sites (tertiary alicyclic amines) is 1. The fourth-order valence-corrected chi connectivity index (χ4v) is 3.50. The van der Waals surface area contributed by atoms with Gasteiger partial charge in [-0.25, -0.2) is 0 Å². The summed E-state index contributed by atoms with van der Waals surface area (Å²) >= 11 is 0. The van der Waals surface area contributed by atoms with E-state index in [2.05, 4.69) is 31.1 Å². The molecule has 1 saturated heterocycles. The standard InChI is InChI=1S/C13H26N2/c1-10-6-7-12(14-3)13(9-10)15-8-4-5-11(15)2/h10-14H,4-9H2,1-3H3. The molecule has 4 unspecified atom stereocenters. The maximum Gasteiger partial charge on any atom is 0.0254 e. The van der Waals surface area contributed by atoms with Crippen LogP contribution in [0.3, 0.4) is 0 Å². The van der Waals surface area contributed by atoms with Gasteiger partial charge in [0.2, 0.25) is 0 Å². The molecule has 2 nitrogen and oxygen atoms in total. The predicted molar refractivity (Wildman–Crippen MR) is 65.1 cm³/mol. The van der Waals surface area contributed by atoms with Crippen LogP contribution >= 0.6 is 0 Å². The Morgan fingerprint density at radius 2 is 1.93 bits per heavy atom. The van der Waals surface area contributed by atoms with E-state index in [4.69, 9.17) is 0 Å². The first-order valence-electron chi connectivity index (χ1n) is 6.65. The molecule has 0 aromatic rings. The third-order valence-corrected chi connectivity index (χ3v) is 4.48. The number of nitrogens with one attached hydrogen (secondary N) is 1. The van der Waals surface area contributed by atoms with Gasteiger partial charge in [0.25, 0.3) is 0 Å². The van der Waals surface area contributed by atoms with Crippen molar-refractivity contribution in [1.29, 1.82) is 0 Å². The quantitative estimate of drug-likeness (QED) is 0.752. The summed E-state index contributed by atoms with van der Waals surface area (Å²) in [5, 5.41) is 3.53. The van der Waals surface area contributed by atoms with E-state index < -0.39 is 0 Å². The van der Waals surface area contributed by atoms with Crippen LogP contribution in [0.1, 0.15) is 46.0 Å². The van der Waals surface area contributed by atoms with E-state index >= 15 is 0 Å². The van der Waals surface area contributed by atoms with Crippen LogP contribution in [-0.4, -0.2) is 36.6 Å². The lowest BCUT2D eigenvalue weighted by molar-refractivity contribution is 0.0990. The average Bonchev–Trinajstić information content (AvgIpc) is 2.64. The van der Waals surface area contributed by atoms with Crippen molar-refractivity contribution in [2.45, 2.75) is 64.1 Å². The van der Waals surface area contributed by atoms with Crippen LogP contribution in [0.4, 0.5) is 0 Å². The molecule has 2 heteroatoms. The number of nitrogens with zero attached hydrogens (tertiary/aromatic N) is 1. The molecular formula is C13H26N2. The van der Waals surface area contributed by atoms with Gasteiger partial charge in [-0.3, -0.25) is 4.90 Å². The molecule has 0 aromatic heterocycles. The lowest BCUT2D eigenvalue weighted by atomic mass is 9.82. The van der Waals surface area contributed by atoms with E-state index in [1.54, 1.807) is 0 Å². The van der Waals surface area contributed by atoms with Gasteiger partial charge in [0.05, 0.1) is 0 Å². The van der Waals surface area contributed by atoms with Crippen molar-refractivity contribution in [2.24, 2.45) is 5.92 Å². The zero-order chi connectivity index (χ0) is 10.8. The minimum Gasteiger partial charge on any atom is -0.315 e. The Hall–Kier alpha value is -0.0800. The summed E-state index contributed by atoms with van der Waals surface area (Å²) in [6, 6.07) is 2.36. The first kappa shape index (κ1) is 11.4. The van der Waals surface area contributed by atoms with E-state index in [0.29, 0.717) is 0 Å². The first-order valence-corrected chi connectivity index (χ1v) is 6.65. The van der Waals surface area contributed by atoms with Gasteiger partial charge >= 0.3 is 0 Å². The highest BCUT2D eigenvalue weighted by molar-refractivity contribution is 4.93. The Morgan fingerprint density at radius 1 is 1.13 bits per heavy atom. The second kappa shape index (κ2) is 4.84. The molecule has 2 rings (SSSR count). The van der Waals surface area contributed by atoms with Crippen molar-refractivity contribution >= 4 is 0 Å². The molecule has 0 radical (unpaired) electrons. The highest BCUT2D eigenvalue weighted by Crippen LogP contribution is 2.31. The van der Waals surface area contributed by atoms with Gasteiger partial charge in [-0.05, 0) is 58.5 Å². The molecule has 0 spiro atoms. The van der Waals surface area contributed by atoms with Gasteiger partial charge in [-0.2, -0.15) is 0 Å². The normalized spacial score (nSPS) is 43.4. The molecule has 0 amide bonds. The molecule has 0 bridgehead atoms. The van der Waals surface area contributed by atoms with Crippen LogP contribution in [0.5, 0.6) is 0 Å². The van der Waals surface area contributed by atoms with Crippen molar-refractivity contribution < 1.29 is 0 Å². The Morgan fingerprint density at radius 3 is 2.53 bits per heavy atom. The summed E-state index contributed by atoms with van der Waals surface area (Å²) in [6.45, 7) is 6.15. The molecule has 88 valence electrons. The molecule has 1 saturated carbocycles. The molecule has 2 fully saturated rings. The van der Waals surface area contributed by atoms with Crippen LogP contribution in [0.2, 0.25) is 0 Å². The fourth-order valence-electron chi connectivity index (χ4n) is 3.50. The van der Waals surface area contributed by atoms with Crippen molar-refractivity contribution in [3.63, 3.8) is 0 Å². The fraction of sp³-hybridized carbons (Fsp3) is 1.00. The largest absolute Gasteiger partial charge is 0.315 e. The lowest BCUT2D eigenvalue weighted by Gasteiger charge is -2.42. The molecule has 0 aromatic carbocycles. The average molecular weight is 210 g/mol. The van der Waals surface area contributed by atoms with Gasteiger partial charge in [0, 0.05) is 18.1 Å². The van der Waals surface area contributed by atoms with Crippen LogP contribution in [0.25, 0.3) is 0 Å². The van der Waals surface area contributed by atoms with Crippen LogP contribution in [0.15, 0.2) is 0 Å². The molecule has 1 N–H and O–H groups in total. The van der Waals surface area contributed by atoms with Crippen LogP contribution in [0, 0.1) is 5.92 Å². The van der Waals surface area contributed by atoms with E-state index in [1.165, 1.54) is 38.6 Å². The molecule has 15 heavy (non-hydrogen) atoms.